The first kappa shape index (κ1) is 18.7. The van der Waals surface area contributed by atoms with Gasteiger partial charge in [-0.3, -0.25) is 0 Å². The Morgan fingerprint density at radius 2 is 1.24 bits per heavy atom. The molecule has 0 aliphatic rings. The normalized spacial score (nSPS) is 9.52. The fourth-order valence-corrected chi connectivity index (χ4v) is 2.25. The van der Waals surface area contributed by atoms with Gasteiger partial charge in [0.15, 0.2) is 0 Å². The van der Waals surface area contributed by atoms with Crippen LogP contribution in [0.5, 0.6) is 5.75 Å². The predicted octanol–water partition coefficient (Wildman–Crippen LogP) is 5.81. The van der Waals surface area contributed by atoms with E-state index in [1.807, 2.05) is 48.5 Å². The van der Waals surface area contributed by atoms with Crippen molar-refractivity contribution in [3.63, 3.8) is 0 Å². The molecule has 2 aromatic carbocycles. The predicted molar refractivity (Wildman–Crippen MR) is 106 cm³/mol. The van der Waals surface area contributed by atoms with Crippen LogP contribution in [0.3, 0.4) is 0 Å². The summed E-state index contributed by atoms with van der Waals surface area (Å²) >= 11 is 0. The first-order valence-electron chi connectivity index (χ1n) is 9.15. The van der Waals surface area contributed by atoms with Crippen LogP contribution in [0.2, 0.25) is 0 Å². The van der Waals surface area contributed by atoms with E-state index >= 15 is 0 Å². The molecule has 0 bridgehead atoms. The Bertz CT molecular complexity index is 746. The van der Waals surface area contributed by atoms with E-state index in [0.717, 1.165) is 48.3 Å². The second-order valence-corrected chi connectivity index (χ2v) is 5.96. The molecule has 0 spiro atoms. The van der Waals surface area contributed by atoms with Crippen molar-refractivity contribution in [2.45, 2.75) is 46.0 Å². The maximum absolute atomic E-state index is 5.72. The van der Waals surface area contributed by atoms with Crippen molar-refractivity contribution in [3.8, 4) is 29.4 Å². The van der Waals surface area contributed by atoms with Gasteiger partial charge in [0.05, 0.1) is 6.61 Å². The average Bonchev–Trinajstić information content (AvgIpc) is 2.66. The highest BCUT2D eigenvalue weighted by atomic mass is 16.5. The van der Waals surface area contributed by atoms with Gasteiger partial charge >= 0.3 is 0 Å². The van der Waals surface area contributed by atoms with E-state index in [0.29, 0.717) is 0 Å². The van der Waals surface area contributed by atoms with Crippen LogP contribution in [0.4, 0.5) is 0 Å². The summed E-state index contributed by atoms with van der Waals surface area (Å²) in [7, 11) is 0. The van der Waals surface area contributed by atoms with Crippen LogP contribution < -0.4 is 4.74 Å². The number of ether oxygens (including phenoxy) is 1. The highest BCUT2D eigenvalue weighted by Crippen LogP contribution is 2.12. The third-order valence-electron chi connectivity index (χ3n) is 3.71. The van der Waals surface area contributed by atoms with Gasteiger partial charge in [-0.05, 0) is 61.4 Å². The lowest BCUT2D eigenvalue weighted by molar-refractivity contribution is 0.306. The minimum absolute atomic E-state index is 0.784. The fourth-order valence-electron chi connectivity index (χ4n) is 2.25. The van der Waals surface area contributed by atoms with Crippen molar-refractivity contribution >= 4 is 0 Å². The van der Waals surface area contributed by atoms with E-state index < -0.39 is 0 Å². The zero-order valence-corrected chi connectivity index (χ0v) is 15.3. The van der Waals surface area contributed by atoms with Crippen molar-refractivity contribution in [1.82, 2.24) is 0 Å². The van der Waals surface area contributed by atoms with E-state index in [9.17, 15) is 0 Å². The van der Waals surface area contributed by atoms with Gasteiger partial charge in [0, 0.05) is 23.1 Å². The molecule has 0 unspecified atom stereocenters. The molecular formula is C24H26O. The number of hydrogen-bond acceptors (Lipinski definition) is 1. The molecule has 2 rings (SSSR count). The molecule has 128 valence electrons. The Kier molecular flexibility index (Phi) is 8.23. The van der Waals surface area contributed by atoms with Crippen molar-refractivity contribution in [3.05, 3.63) is 65.2 Å². The van der Waals surface area contributed by atoms with Crippen LogP contribution in [-0.2, 0) is 0 Å². The van der Waals surface area contributed by atoms with Crippen LogP contribution in [0.25, 0.3) is 0 Å². The van der Waals surface area contributed by atoms with E-state index in [-0.39, 0.29) is 0 Å². The lowest BCUT2D eigenvalue weighted by Gasteiger charge is -2.05. The van der Waals surface area contributed by atoms with Gasteiger partial charge in [0.1, 0.15) is 5.75 Å². The topological polar surface area (TPSA) is 9.23 Å². The Morgan fingerprint density at radius 3 is 1.80 bits per heavy atom. The first-order valence-corrected chi connectivity index (χ1v) is 9.15. The summed E-state index contributed by atoms with van der Waals surface area (Å²) in [6, 6.07) is 16.1. The third kappa shape index (κ3) is 7.19. The molecule has 2 aromatic rings. The van der Waals surface area contributed by atoms with Crippen LogP contribution in [0, 0.1) is 23.7 Å². The summed E-state index contributed by atoms with van der Waals surface area (Å²) in [5.74, 6) is 13.6. The van der Waals surface area contributed by atoms with E-state index in [2.05, 4.69) is 37.5 Å². The molecular weight excluding hydrogens is 304 g/mol. The van der Waals surface area contributed by atoms with Crippen molar-refractivity contribution in [2.24, 2.45) is 0 Å². The van der Waals surface area contributed by atoms with Crippen LogP contribution in [0.1, 0.15) is 62.6 Å². The molecule has 25 heavy (non-hydrogen) atoms. The maximum atomic E-state index is 5.72. The van der Waals surface area contributed by atoms with Crippen molar-refractivity contribution in [2.75, 3.05) is 6.61 Å². The number of rotatable bonds is 6. The lowest BCUT2D eigenvalue weighted by Crippen LogP contribution is -1.96. The SMILES string of the molecule is CCCC#Cc1ccc(C#Cc2ccc(OCCCCC)cc2)cc1. The molecule has 0 N–H and O–H groups in total. The Hall–Kier alpha value is -2.64. The molecule has 1 heteroatoms. The smallest absolute Gasteiger partial charge is 0.119 e. The Balaban J connectivity index is 1.91. The molecule has 1 nitrogen and oxygen atoms in total. The molecule has 0 aliphatic heterocycles. The van der Waals surface area contributed by atoms with E-state index in [1.54, 1.807) is 0 Å². The molecule has 0 aliphatic carbocycles. The molecule has 0 saturated heterocycles. The fraction of sp³-hybridized carbons (Fsp3) is 0.333. The van der Waals surface area contributed by atoms with Gasteiger partial charge < -0.3 is 4.74 Å². The zero-order chi connectivity index (χ0) is 17.7. The summed E-state index contributed by atoms with van der Waals surface area (Å²) in [5.41, 5.74) is 3.04. The Morgan fingerprint density at radius 1 is 0.680 bits per heavy atom. The molecule has 0 aromatic heterocycles. The molecule has 0 radical (unpaired) electrons. The second-order valence-electron chi connectivity index (χ2n) is 5.96. The minimum Gasteiger partial charge on any atom is -0.494 e. The molecule has 0 amide bonds. The highest BCUT2D eigenvalue weighted by molar-refractivity contribution is 5.46. The molecule has 0 saturated carbocycles. The summed E-state index contributed by atoms with van der Waals surface area (Å²) in [5, 5.41) is 0. The largest absolute Gasteiger partial charge is 0.494 e. The first-order chi connectivity index (χ1) is 12.3. The summed E-state index contributed by atoms with van der Waals surface area (Å²) < 4.78 is 5.72. The number of benzene rings is 2. The van der Waals surface area contributed by atoms with Gasteiger partial charge in [0.2, 0.25) is 0 Å². The van der Waals surface area contributed by atoms with Gasteiger partial charge in [-0.15, -0.1) is 0 Å². The van der Waals surface area contributed by atoms with Gasteiger partial charge in [-0.2, -0.15) is 0 Å². The average molecular weight is 330 g/mol. The van der Waals surface area contributed by atoms with Crippen LogP contribution in [0.15, 0.2) is 48.5 Å². The molecule has 0 atom stereocenters. The number of unbranched alkanes of at least 4 members (excludes halogenated alkanes) is 3. The van der Waals surface area contributed by atoms with Gasteiger partial charge in [-0.1, -0.05) is 50.4 Å². The van der Waals surface area contributed by atoms with Crippen molar-refractivity contribution < 1.29 is 4.74 Å². The maximum Gasteiger partial charge on any atom is 0.119 e. The van der Waals surface area contributed by atoms with Gasteiger partial charge in [0.25, 0.3) is 0 Å². The Labute approximate surface area is 152 Å². The van der Waals surface area contributed by atoms with Crippen LogP contribution >= 0.6 is 0 Å². The quantitative estimate of drug-likeness (QED) is 0.480. The summed E-state index contributed by atoms with van der Waals surface area (Å²) in [4.78, 5) is 0. The summed E-state index contributed by atoms with van der Waals surface area (Å²) in [6.07, 6.45) is 5.58. The highest BCUT2D eigenvalue weighted by Gasteiger charge is 1.94. The summed E-state index contributed by atoms with van der Waals surface area (Å²) in [6.45, 7) is 5.12. The second kappa shape index (κ2) is 11.0. The lowest BCUT2D eigenvalue weighted by atomic mass is 10.1. The van der Waals surface area contributed by atoms with E-state index in [4.69, 9.17) is 4.74 Å². The van der Waals surface area contributed by atoms with E-state index in [1.165, 1.54) is 12.8 Å². The number of hydrogen-bond donors (Lipinski definition) is 0. The monoisotopic (exact) mass is 330 g/mol. The van der Waals surface area contributed by atoms with Gasteiger partial charge in [-0.25, -0.2) is 0 Å². The zero-order valence-electron chi connectivity index (χ0n) is 15.3. The van der Waals surface area contributed by atoms with Crippen molar-refractivity contribution in [1.29, 1.82) is 0 Å². The van der Waals surface area contributed by atoms with Crippen LogP contribution in [-0.4, -0.2) is 6.61 Å². The standard InChI is InChI=1S/C24H26O/c1-3-5-7-9-21-10-12-22(13-11-21)14-15-23-16-18-24(19-17-23)25-20-8-6-4-2/h10-13,16-19H,3-6,8,20H2,1-2H3. The third-order valence-corrected chi connectivity index (χ3v) is 3.71. The molecule has 0 fully saturated rings. The molecule has 0 heterocycles. The minimum atomic E-state index is 0.784.